The minimum atomic E-state index is -0.982. The summed E-state index contributed by atoms with van der Waals surface area (Å²) in [6.07, 6.45) is 0.152. The number of rotatable bonds is 38. The number of hydrogen-bond donors (Lipinski definition) is 4. The molecule has 22 heteroatoms. The van der Waals surface area contributed by atoms with E-state index >= 15 is 0 Å². The van der Waals surface area contributed by atoms with Crippen LogP contribution in [0.5, 0.6) is 0 Å². The molecule has 3 unspecified atom stereocenters. The lowest BCUT2D eigenvalue weighted by Crippen LogP contribution is -2.59. The largest absolute Gasteiger partial charge is 0.464 e. The molecule has 1 saturated heterocycles. The fraction of sp³-hybridized carbons (Fsp3) is 0.763. The second kappa shape index (κ2) is 37.0. The number of likely N-dealkylation sites (N-methyl/N-ethyl adjacent to an activating group) is 3. The summed E-state index contributed by atoms with van der Waals surface area (Å²) in [5.74, 6) is -4.33. The van der Waals surface area contributed by atoms with Crippen LogP contribution in [-0.2, 0) is 73.2 Å². The average molecular weight is 1150 g/mol. The summed E-state index contributed by atoms with van der Waals surface area (Å²) < 4.78 is 33.4. The molecule has 81 heavy (non-hydrogen) atoms. The smallest absolute Gasteiger partial charge is 0.328 e. The Balaban J connectivity index is 2.11. The third-order valence-electron chi connectivity index (χ3n) is 15.3. The maximum absolute atomic E-state index is 14.6. The van der Waals surface area contributed by atoms with E-state index in [2.05, 4.69) is 16.0 Å². The molecular formula is C59H101N7O15. The molecule has 0 aromatic heterocycles. The fourth-order valence-electron chi connectivity index (χ4n) is 10.5. The topological polar surface area (TPSA) is 261 Å². The minimum absolute atomic E-state index is 0.00459. The molecule has 1 heterocycles. The van der Waals surface area contributed by atoms with Crippen molar-refractivity contribution < 1.29 is 71.9 Å². The Labute approximate surface area is 482 Å². The number of aliphatic hydroxyl groups excluding tert-OH is 1. The zero-order chi connectivity index (χ0) is 61.1. The molecule has 1 fully saturated rings. The molecule has 1 aliphatic rings. The Hall–Kier alpha value is -5.26. The summed E-state index contributed by atoms with van der Waals surface area (Å²) in [4.78, 5) is 115. The molecule has 2 rings (SSSR count). The van der Waals surface area contributed by atoms with E-state index in [0.29, 0.717) is 32.2 Å². The molecule has 1 aromatic rings. The van der Waals surface area contributed by atoms with Gasteiger partial charge in [-0.3, -0.25) is 38.5 Å². The quantitative estimate of drug-likeness (QED) is 0.0418. The summed E-state index contributed by atoms with van der Waals surface area (Å²) in [5, 5.41) is 17.8. The van der Waals surface area contributed by atoms with E-state index in [1.54, 1.807) is 30.8 Å². The number of esters is 2. The highest BCUT2D eigenvalue weighted by atomic mass is 16.7. The Morgan fingerprint density at radius 1 is 0.765 bits per heavy atom. The van der Waals surface area contributed by atoms with Gasteiger partial charge in [0.2, 0.25) is 35.4 Å². The molecule has 462 valence electrons. The number of nitrogens with zero attached hydrogens (tertiary/aromatic N) is 4. The van der Waals surface area contributed by atoms with Gasteiger partial charge in [-0.05, 0) is 76.4 Å². The van der Waals surface area contributed by atoms with Gasteiger partial charge in [0.25, 0.3) is 0 Å². The Bertz CT molecular complexity index is 2090. The number of carbonyl (C=O) groups is 8. The Kier molecular flexibility index (Phi) is 32.9. The van der Waals surface area contributed by atoms with Gasteiger partial charge in [0.1, 0.15) is 24.7 Å². The molecule has 1 aliphatic heterocycles. The van der Waals surface area contributed by atoms with Crippen LogP contribution in [0.4, 0.5) is 0 Å². The summed E-state index contributed by atoms with van der Waals surface area (Å²) in [7, 11) is 11.4. The third-order valence-corrected chi connectivity index (χ3v) is 15.3. The standard InChI is InChI=1S/C59H101N7O15/c1-17-39(7)53(65(13)58(74)51(37(3)4)62-56(72)52(38(5)6)63(10)11)46(76-14)34-48(69)66-31-23-27-44(66)54(78-16)40(8)57(73)64(12)45(33-42-25-20-19-21-26-42)55(71)60-30-24-32-79-59(75)41(9)61-47(68)28-22-29-49(70)80-36-50(77-15)81-43(18-2)35-67/h19-21,25-26,37-41,43-46,50-54,67H,17-18,22-24,27-36H2,1-16H3,(H,60,71)(H,61,68)(H,62,72)/t39-,40+,41?,43?,44-,45-,46+,50?,51-,52-,53-,54+/m0/s1. The van der Waals surface area contributed by atoms with Crippen LogP contribution in [0.15, 0.2) is 30.3 Å². The summed E-state index contributed by atoms with van der Waals surface area (Å²) >= 11 is 0. The summed E-state index contributed by atoms with van der Waals surface area (Å²) in [6, 6.07) is 5.10. The fourth-order valence-corrected chi connectivity index (χ4v) is 10.5. The van der Waals surface area contributed by atoms with Crippen LogP contribution in [0.1, 0.15) is 126 Å². The van der Waals surface area contributed by atoms with Crippen molar-refractivity contribution in [3.05, 3.63) is 35.9 Å². The zero-order valence-corrected chi connectivity index (χ0v) is 51.5. The van der Waals surface area contributed by atoms with Crippen LogP contribution in [0.2, 0.25) is 0 Å². The van der Waals surface area contributed by atoms with Gasteiger partial charge in [0.05, 0.1) is 62.0 Å². The lowest BCUT2D eigenvalue weighted by atomic mass is 9.89. The van der Waals surface area contributed by atoms with Gasteiger partial charge in [0.15, 0.2) is 6.29 Å². The molecule has 0 radical (unpaired) electrons. The molecule has 0 saturated carbocycles. The van der Waals surface area contributed by atoms with Crippen LogP contribution >= 0.6 is 0 Å². The van der Waals surface area contributed by atoms with Crippen molar-refractivity contribution in [2.75, 3.05) is 82.4 Å². The van der Waals surface area contributed by atoms with Crippen molar-refractivity contribution in [1.29, 1.82) is 0 Å². The second-order valence-electron chi connectivity index (χ2n) is 22.3. The Morgan fingerprint density at radius 2 is 1.43 bits per heavy atom. The molecule has 12 atom stereocenters. The van der Waals surface area contributed by atoms with Gasteiger partial charge >= 0.3 is 11.9 Å². The number of likely N-dealkylation sites (tertiary alicyclic amines) is 1. The minimum Gasteiger partial charge on any atom is -0.464 e. The van der Waals surface area contributed by atoms with E-state index < -0.39 is 90.5 Å². The maximum Gasteiger partial charge on any atom is 0.328 e. The first kappa shape index (κ1) is 71.8. The van der Waals surface area contributed by atoms with Crippen LogP contribution < -0.4 is 16.0 Å². The van der Waals surface area contributed by atoms with Crippen LogP contribution in [0, 0.1) is 23.7 Å². The number of benzene rings is 1. The first-order chi connectivity index (χ1) is 38.3. The van der Waals surface area contributed by atoms with E-state index in [-0.39, 0.29) is 106 Å². The highest BCUT2D eigenvalue weighted by Crippen LogP contribution is 2.31. The van der Waals surface area contributed by atoms with Crippen molar-refractivity contribution in [3.8, 4) is 0 Å². The number of hydrogen-bond acceptors (Lipinski definition) is 16. The molecule has 6 amide bonds. The van der Waals surface area contributed by atoms with Crippen molar-refractivity contribution in [1.82, 2.24) is 35.6 Å². The van der Waals surface area contributed by atoms with Gasteiger partial charge in [-0.25, -0.2) is 4.79 Å². The molecule has 0 bridgehead atoms. The normalized spacial score (nSPS) is 17.6. The predicted molar refractivity (Wildman–Crippen MR) is 306 cm³/mol. The van der Waals surface area contributed by atoms with Crippen molar-refractivity contribution in [2.24, 2.45) is 23.7 Å². The van der Waals surface area contributed by atoms with Crippen molar-refractivity contribution in [3.63, 3.8) is 0 Å². The van der Waals surface area contributed by atoms with Gasteiger partial charge in [0, 0.05) is 67.8 Å². The number of carbonyl (C=O) groups excluding carboxylic acids is 8. The van der Waals surface area contributed by atoms with E-state index in [1.165, 1.54) is 33.2 Å². The summed E-state index contributed by atoms with van der Waals surface area (Å²) in [6.45, 7) is 16.9. The van der Waals surface area contributed by atoms with Gasteiger partial charge in [-0.2, -0.15) is 0 Å². The molecule has 4 N–H and O–H groups in total. The molecular weight excluding hydrogens is 1050 g/mol. The van der Waals surface area contributed by atoms with Crippen molar-refractivity contribution >= 4 is 47.4 Å². The highest BCUT2D eigenvalue weighted by molar-refractivity contribution is 5.91. The highest BCUT2D eigenvalue weighted by Gasteiger charge is 2.44. The lowest BCUT2D eigenvalue weighted by molar-refractivity contribution is -0.194. The molecule has 22 nitrogen and oxygen atoms in total. The van der Waals surface area contributed by atoms with E-state index in [4.69, 9.17) is 28.4 Å². The third kappa shape index (κ3) is 22.8. The number of methoxy groups -OCH3 is 3. The first-order valence-corrected chi connectivity index (χ1v) is 28.9. The number of aliphatic hydroxyl groups is 1. The second-order valence-corrected chi connectivity index (χ2v) is 22.3. The van der Waals surface area contributed by atoms with E-state index in [0.717, 1.165) is 5.56 Å². The van der Waals surface area contributed by atoms with Crippen LogP contribution in [0.25, 0.3) is 0 Å². The maximum atomic E-state index is 14.6. The lowest BCUT2D eigenvalue weighted by Gasteiger charge is -2.41. The molecule has 0 spiro atoms. The van der Waals surface area contributed by atoms with Gasteiger partial charge in [-0.15, -0.1) is 0 Å². The van der Waals surface area contributed by atoms with Crippen LogP contribution in [0.3, 0.4) is 0 Å². The zero-order valence-electron chi connectivity index (χ0n) is 51.5. The molecule has 0 aliphatic carbocycles. The summed E-state index contributed by atoms with van der Waals surface area (Å²) in [5.41, 5.74) is 0.820. The SMILES string of the molecule is CCC(CO)OC(COC(=O)CCCC(=O)NC(C)C(=O)OCCCNC(=O)[C@H](Cc1ccccc1)N(C)C(=O)[C@H](C)[C@@H](OC)[C@@H]1CCCN1C(=O)C[C@@H](OC)[C@H]([C@@H](C)CC)N(C)C(=O)[C@@H](NC(=O)[C@H](C(C)C)N(C)C)C(C)C)OC. The van der Waals surface area contributed by atoms with Gasteiger partial charge in [-0.1, -0.05) is 92.1 Å². The van der Waals surface area contributed by atoms with Gasteiger partial charge < -0.3 is 64.2 Å². The van der Waals surface area contributed by atoms with Crippen molar-refractivity contribution in [2.45, 2.75) is 187 Å². The predicted octanol–water partition coefficient (Wildman–Crippen LogP) is 3.73. The number of nitrogens with one attached hydrogen (secondary N) is 3. The Morgan fingerprint density at radius 3 is 1.99 bits per heavy atom. The monoisotopic (exact) mass is 1150 g/mol. The number of amides is 6. The number of ether oxygens (including phenoxy) is 6. The van der Waals surface area contributed by atoms with E-state index in [1.807, 2.05) is 97.8 Å². The van der Waals surface area contributed by atoms with E-state index in [9.17, 15) is 43.5 Å². The molecule has 1 aromatic carbocycles. The average Bonchev–Trinajstić information content (AvgIpc) is 3.94. The first-order valence-electron chi connectivity index (χ1n) is 28.9. The van der Waals surface area contributed by atoms with Crippen LogP contribution in [-0.4, -0.2) is 215 Å².